The highest BCUT2D eigenvalue weighted by molar-refractivity contribution is 5.06. The van der Waals surface area contributed by atoms with E-state index in [4.69, 9.17) is 4.74 Å². The summed E-state index contributed by atoms with van der Waals surface area (Å²) < 4.78 is 5.40. The first kappa shape index (κ1) is 14.3. The quantitative estimate of drug-likeness (QED) is 0.834. The molecule has 0 amide bonds. The molecule has 1 saturated carbocycles. The second-order valence-electron chi connectivity index (χ2n) is 6.63. The maximum atomic E-state index is 5.40. The second kappa shape index (κ2) is 5.48. The molecule has 2 fully saturated rings. The zero-order valence-electron chi connectivity index (χ0n) is 12.6. The van der Waals surface area contributed by atoms with Crippen LogP contribution in [0.1, 0.15) is 52.9 Å². The minimum atomic E-state index is 0.274. The number of piperazine rings is 1. The van der Waals surface area contributed by atoms with Crippen molar-refractivity contribution in [3.63, 3.8) is 0 Å². The summed E-state index contributed by atoms with van der Waals surface area (Å²) in [6, 6.07) is 0.529. The third-order valence-electron chi connectivity index (χ3n) is 5.23. The molecular weight excluding hydrogens is 224 g/mol. The molecule has 0 aromatic rings. The van der Waals surface area contributed by atoms with Gasteiger partial charge in [-0.1, -0.05) is 19.8 Å². The Balaban J connectivity index is 2.15. The molecule has 3 nitrogen and oxygen atoms in total. The largest absolute Gasteiger partial charge is 0.383 e. The average molecular weight is 254 g/mol. The third-order valence-corrected chi connectivity index (χ3v) is 5.23. The van der Waals surface area contributed by atoms with Crippen molar-refractivity contribution in [1.82, 2.24) is 10.2 Å². The number of nitrogens with one attached hydrogen (secondary N) is 1. The first-order valence-corrected chi connectivity index (χ1v) is 7.56. The number of rotatable bonds is 4. The maximum absolute atomic E-state index is 5.40. The monoisotopic (exact) mass is 254 g/mol. The van der Waals surface area contributed by atoms with Crippen LogP contribution in [0.5, 0.6) is 0 Å². The van der Waals surface area contributed by atoms with Crippen LogP contribution in [0.15, 0.2) is 0 Å². The Kier molecular flexibility index (Phi) is 4.35. The molecule has 1 N–H and O–H groups in total. The number of ether oxygens (including phenoxy) is 1. The summed E-state index contributed by atoms with van der Waals surface area (Å²) in [6.07, 6.45) is 6.68. The van der Waals surface area contributed by atoms with Crippen molar-refractivity contribution >= 4 is 0 Å². The van der Waals surface area contributed by atoms with Crippen LogP contribution in [0, 0.1) is 0 Å². The van der Waals surface area contributed by atoms with E-state index in [1.54, 1.807) is 0 Å². The standard InChI is InChI=1S/C15H30N2O/c1-5-14(3)12-17(13(2)10-18-4)15(11-16-14)8-6-7-9-15/h13,16H,5-12H2,1-4H3. The van der Waals surface area contributed by atoms with Gasteiger partial charge in [-0.2, -0.15) is 0 Å². The lowest BCUT2D eigenvalue weighted by molar-refractivity contribution is -0.0368. The Bertz CT molecular complexity index is 276. The van der Waals surface area contributed by atoms with Crippen molar-refractivity contribution in [3.8, 4) is 0 Å². The van der Waals surface area contributed by atoms with Crippen LogP contribution in [0.2, 0.25) is 0 Å². The molecule has 2 atom stereocenters. The Morgan fingerprint density at radius 2 is 2.00 bits per heavy atom. The molecular formula is C15H30N2O. The zero-order valence-corrected chi connectivity index (χ0v) is 12.6. The molecule has 1 spiro atoms. The molecule has 0 aromatic carbocycles. The van der Waals surface area contributed by atoms with Crippen LogP contribution in [-0.4, -0.2) is 48.8 Å². The zero-order chi connectivity index (χ0) is 13.2. The minimum absolute atomic E-state index is 0.274. The van der Waals surface area contributed by atoms with Crippen molar-refractivity contribution in [1.29, 1.82) is 0 Å². The molecule has 0 bridgehead atoms. The Morgan fingerprint density at radius 3 is 2.56 bits per heavy atom. The summed E-state index contributed by atoms with van der Waals surface area (Å²) in [4.78, 5) is 2.75. The summed E-state index contributed by atoms with van der Waals surface area (Å²) in [5, 5.41) is 3.82. The van der Waals surface area contributed by atoms with E-state index in [0.29, 0.717) is 11.6 Å². The molecule has 3 heteroatoms. The number of nitrogens with zero attached hydrogens (tertiary/aromatic N) is 1. The summed E-state index contributed by atoms with van der Waals surface area (Å²) >= 11 is 0. The lowest BCUT2D eigenvalue weighted by Crippen LogP contribution is -2.70. The molecule has 1 aliphatic carbocycles. The highest BCUT2D eigenvalue weighted by atomic mass is 16.5. The van der Waals surface area contributed by atoms with Gasteiger partial charge in [0.25, 0.3) is 0 Å². The molecule has 1 heterocycles. The number of hydrogen-bond donors (Lipinski definition) is 1. The van der Waals surface area contributed by atoms with Gasteiger partial charge in [-0.3, -0.25) is 4.90 Å². The Labute approximate surface area is 112 Å². The fourth-order valence-corrected chi connectivity index (χ4v) is 3.77. The van der Waals surface area contributed by atoms with Crippen LogP contribution in [0.4, 0.5) is 0 Å². The fraction of sp³-hybridized carbons (Fsp3) is 1.00. The van der Waals surface area contributed by atoms with Gasteiger partial charge in [0.2, 0.25) is 0 Å². The van der Waals surface area contributed by atoms with Crippen molar-refractivity contribution < 1.29 is 4.74 Å². The number of hydrogen-bond acceptors (Lipinski definition) is 3. The van der Waals surface area contributed by atoms with E-state index >= 15 is 0 Å². The summed E-state index contributed by atoms with van der Waals surface area (Å²) in [6.45, 7) is 10.1. The molecule has 2 rings (SSSR count). The van der Waals surface area contributed by atoms with Crippen LogP contribution >= 0.6 is 0 Å². The fourth-order valence-electron chi connectivity index (χ4n) is 3.77. The Hall–Kier alpha value is -0.120. The molecule has 2 aliphatic rings. The van der Waals surface area contributed by atoms with E-state index in [0.717, 1.165) is 19.7 Å². The predicted molar refractivity (Wildman–Crippen MR) is 75.9 cm³/mol. The van der Waals surface area contributed by atoms with Crippen LogP contribution in [0.25, 0.3) is 0 Å². The van der Waals surface area contributed by atoms with Gasteiger partial charge in [-0.05, 0) is 33.1 Å². The van der Waals surface area contributed by atoms with E-state index < -0.39 is 0 Å². The van der Waals surface area contributed by atoms with Crippen molar-refractivity contribution in [2.24, 2.45) is 0 Å². The van der Waals surface area contributed by atoms with Crippen molar-refractivity contribution in [3.05, 3.63) is 0 Å². The van der Waals surface area contributed by atoms with Gasteiger partial charge in [0.05, 0.1) is 6.61 Å². The van der Waals surface area contributed by atoms with Crippen molar-refractivity contribution in [2.45, 2.75) is 70.0 Å². The SMILES string of the molecule is CCC1(C)CN(C(C)COC)C2(CCCC2)CN1. The summed E-state index contributed by atoms with van der Waals surface area (Å²) in [5.74, 6) is 0. The first-order valence-electron chi connectivity index (χ1n) is 7.56. The van der Waals surface area contributed by atoms with Gasteiger partial charge in [-0.15, -0.1) is 0 Å². The normalized spacial score (nSPS) is 34.0. The molecule has 1 aliphatic heterocycles. The van der Waals surface area contributed by atoms with Crippen molar-refractivity contribution in [2.75, 3.05) is 26.8 Å². The molecule has 2 unspecified atom stereocenters. The van der Waals surface area contributed by atoms with E-state index in [1.807, 2.05) is 7.11 Å². The van der Waals surface area contributed by atoms with Gasteiger partial charge in [0.15, 0.2) is 0 Å². The molecule has 0 radical (unpaired) electrons. The average Bonchev–Trinajstić information content (AvgIpc) is 2.83. The smallest absolute Gasteiger partial charge is 0.0615 e. The second-order valence-corrected chi connectivity index (χ2v) is 6.63. The van der Waals surface area contributed by atoms with E-state index in [2.05, 4.69) is 31.0 Å². The predicted octanol–water partition coefficient (Wildman–Crippen LogP) is 2.41. The van der Waals surface area contributed by atoms with Gasteiger partial charge in [-0.25, -0.2) is 0 Å². The number of methoxy groups -OCH3 is 1. The van der Waals surface area contributed by atoms with E-state index in [1.165, 1.54) is 32.1 Å². The van der Waals surface area contributed by atoms with Gasteiger partial charge in [0.1, 0.15) is 0 Å². The molecule has 18 heavy (non-hydrogen) atoms. The summed E-state index contributed by atoms with van der Waals surface area (Å²) in [7, 11) is 1.82. The highest BCUT2D eigenvalue weighted by Gasteiger charge is 2.47. The topological polar surface area (TPSA) is 24.5 Å². The van der Waals surface area contributed by atoms with Gasteiger partial charge in [0, 0.05) is 37.3 Å². The maximum Gasteiger partial charge on any atom is 0.0615 e. The van der Waals surface area contributed by atoms with Crippen LogP contribution in [-0.2, 0) is 4.74 Å². The third kappa shape index (κ3) is 2.59. The molecule has 1 saturated heterocycles. The Morgan fingerprint density at radius 1 is 1.33 bits per heavy atom. The van der Waals surface area contributed by atoms with Gasteiger partial charge < -0.3 is 10.1 Å². The van der Waals surface area contributed by atoms with E-state index in [9.17, 15) is 0 Å². The molecule has 0 aromatic heterocycles. The highest BCUT2D eigenvalue weighted by Crippen LogP contribution is 2.40. The van der Waals surface area contributed by atoms with Crippen LogP contribution < -0.4 is 5.32 Å². The van der Waals surface area contributed by atoms with E-state index in [-0.39, 0.29) is 5.54 Å². The summed E-state index contributed by atoms with van der Waals surface area (Å²) in [5.41, 5.74) is 0.683. The van der Waals surface area contributed by atoms with Gasteiger partial charge >= 0.3 is 0 Å². The first-order chi connectivity index (χ1) is 8.55. The lowest BCUT2D eigenvalue weighted by Gasteiger charge is -2.54. The molecule has 106 valence electrons. The van der Waals surface area contributed by atoms with Crippen LogP contribution in [0.3, 0.4) is 0 Å². The minimum Gasteiger partial charge on any atom is -0.383 e. The lowest BCUT2D eigenvalue weighted by atomic mass is 9.84.